The monoisotopic (exact) mass is 382 g/mol. The largest absolute Gasteiger partial charge is 0.480 e. The molecule has 1 aliphatic rings. The van der Waals surface area contributed by atoms with Crippen molar-refractivity contribution in [2.45, 2.75) is 50.5 Å². The van der Waals surface area contributed by atoms with Crippen molar-refractivity contribution in [1.29, 1.82) is 0 Å². The summed E-state index contributed by atoms with van der Waals surface area (Å²) in [7, 11) is -3.58. The van der Waals surface area contributed by atoms with Gasteiger partial charge in [0.1, 0.15) is 5.54 Å². The average Bonchev–Trinajstić information content (AvgIpc) is 2.61. The van der Waals surface area contributed by atoms with Gasteiger partial charge in [0.15, 0.2) is 0 Å². The van der Waals surface area contributed by atoms with E-state index in [9.17, 15) is 23.1 Å². The van der Waals surface area contributed by atoms with Gasteiger partial charge in [-0.05, 0) is 56.4 Å². The molecule has 2 rings (SSSR count). The SMILES string of the molecule is CCC(C)(NC(=O)c1ccc(S(=O)(=O)N2CCCC(C)C2)cc1)C(=O)O. The minimum Gasteiger partial charge on any atom is -0.480 e. The van der Waals surface area contributed by atoms with E-state index in [-0.39, 0.29) is 16.9 Å². The minimum atomic E-state index is -3.58. The first-order valence-electron chi connectivity index (χ1n) is 8.76. The van der Waals surface area contributed by atoms with Gasteiger partial charge in [0.2, 0.25) is 10.0 Å². The zero-order chi connectivity index (χ0) is 19.5. The fraction of sp³-hybridized carbons (Fsp3) is 0.556. The molecule has 0 radical (unpaired) electrons. The summed E-state index contributed by atoms with van der Waals surface area (Å²) >= 11 is 0. The molecule has 1 aromatic carbocycles. The summed E-state index contributed by atoms with van der Waals surface area (Å²) in [4.78, 5) is 23.7. The summed E-state index contributed by atoms with van der Waals surface area (Å²) in [5.74, 6) is -1.34. The standard InChI is InChI=1S/C18H26N2O5S/c1-4-18(3,17(22)23)19-16(21)14-7-9-15(10-8-14)26(24,25)20-11-5-6-13(2)12-20/h7-10,13H,4-6,11-12H2,1-3H3,(H,19,21)(H,22,23). The summed E-state index contributed by atoms with van der Waals surface area (Å²) in [6.07, 6.45) is 2.09. The second-order valence-corrected chi connectivity index (χ2v) is 9.02. The molecule has 2 unspecified atom stereocenters. The fourth-order valence-electron chi connectivity index (χ4n) is 2.91. The molecule has 0 aromatic heterocycles. The Morgan fingerprint density at radius 1 is 1.31 bits per heavy atom. The summed E-state index contributed by atoms with van der Waals surface area (Å²) in [5, 5.41) is 11.7. The Kier molecular flexibility index (Phi) is 6.08. The van der Waals surface area contributed by atoms with Crippen LogP contribution in [0.25, 0.3) is 0 Å². The second-order valence-electron chi connectivity index (χ2n) is 7.08. The molecule has 0 bridgehead atoms. The minimum absolute atomic E-state index is 0.139. The number of piperidine rings is 1. The third-order valence-electron chi connectivity index (χ3n) is 4.94. The molecule has 8 heteroatoms. The van der Waals surface area contributed by atoms with Crippen LogP contribution in [-0.2, 0) is 14.8 Å². The topological polar surface area (TPSA) is 104 Å². The Hall–Kier alpha value is -1.93. The zero-order valence-electron chi connectivity index (χ0n) is 15.4. The van der Waals surface area contributed by atoms with Gasteiger partial charge in [-0.1, -0.05) is 13.8 Å². The van der Waals surface area contributed by atoms with Crippen molar-refractivity contribution in [3.05, 3.63) is 29.8 Å². The molecule has 1 aliphatic heterocycles. The van der Waals surface area contributed by atoms with Crippen molar-refractivity contribution in [3.63, 3.8) is 0 Å². The maximum absolute atomic E-state index is 12.7. The molecule has 1 saturated heterocycles. The van der Waals surface area contributed by atoms with Crippen LogP contribution in [0.5, 0.6) is 0 Å². The third kappa shape index (κ3) is 4.24. The lowest BCUT2D eigenvalue weighted by Crippen LogP contribution is -2.51. The number of benzene rings is 1. The molecule has 1 fully saturated rings. The van der Waals surface area contributed by atoms with Crippen LogP contribution >= 0.6 is 0 Å². The maximum Gasteiger partial charge on any atom is 0.329 e. The van der Waals surface area contributed by atoms with Gasteiger partial charge < -0.3 is 10.4 Å². The highest BCUT2D eigenvalue weighted by atomic mass is 32.2. The van der Waals surface area contributed by atoms with Crippen LogP contribution in [0, 0.1) is 5.92 Å². The molecule has 0 saturated carbocycles. The number of nitrogens with one attached hydrogen (secondary N) is 1. The Balaban J connectivity index is 2.17. The van der Waals surface area contributed by atoms with Gasteiger partial charge >= 0.3 is 5.97 Å². The molecule has 1 aromatic rings. The van der Waals surface area contributed by atoms with Crippen molar-refractivity contribution in [2.24, 2.45) is 5.92 Å². The maximum atomic E-state index is 12.7. The number of carboxylic acids is 1. The van der Waals surface area contributed by atoms with Gasteiger partial charge in [0.05, 0.1) is 4.90 Å². The predicted molar refractivity (Wildman–Crippen MR) is 97.4 cm³/mol. The molecule has 26 heavy (non-hydrogen) atoms. The highest BCUT2D eigenvalue weighted by Crippen LogP contribution is 2.23. The lowest BCUT2D eigenvalue weighted by molar-refractivity contribution is -0.143. The molecular formula is C18H26N2O5S. The van der Waals surface area contributed by atoms with Gasteiger partial charge in [-0.2, -0.15) is 4.31 Å². The smallest absolute Gasteiger partial charge is 0.329 e. The number of sulfonamides is 1. The number of carboxylic acid groups (broad SMARTS) is 1. The second kappa shape index (κ2) is 7.75. The molecule has 1 heterocycles. The number of aliphatic carboxylic acids is 1. The van der Waals surface area contributed by atoms with Crippen LogP contribution in [0.15, 0.2) is 29.2 Å². The van der Waals surface area contributed by atoms with Crippen molar-refractivity contribution in [3.8, 4) is 0 Å². The zero-order valence-corrected chi connectivity index (χ0v) is 16.2. The average molecular weight is 382 g/mol. The van der Waals surface area contributed by atoms with Crippen molar-refractivity contribution >= 4 is 21.9 Å². The number of hydrogen-bond donors (Lipinski definition) is 2. The van der Waals surface area contributed by atoms with Crippen LogP contribution in [0.4, 0.5) is 0 Å². The normalized spacial score (nSPS) is 21.0. The van der Waals surface area contributed by atoms with Gasteiger partial charge in [0.25, 0.3) is 5.91 Å². The number of nitrogens with zero attached hydrogens (tertiary/aromatic N) is 1. The molecule has 2 atom stereocenters. The number of carbonyl (C=O) groups excluding carboxylic acids is 1. The van der Waals surface area contributed by atoms with E-state index < -0.39 is 27.4 Å². The lowest BCUT2D eigenvalue weighted by Gasteiger charge is -2.30. The molecule has 7 nitrogen and oxygen atoms in total. The van der Waals surface area contributed by atoms with E-state index in [2.05, 4.69) is 5.32 Å². The van der Waals surface area contributed by atoms with E-state index in [1.165, 1.54) is 35.5 Å². The van der Waals surface area contributed by atoms with E-state index in [0.717, 1.165) is 12.8 Å². The summed E-state index contributed by atoms with van der Waals surface area (Å²) in [6.45, 7) is 6.13. The van der Waals surface area contributed by atoms with Gasteiger partial charge in [-0.15, -0.1) is 0 Å². The van der Waals surface area contributed by atoms with Crippen LogP contribution < -0.4 is 5.32 Å². The van der Waals surface area contributed by atoms with Gasteiger partial charge in [0, 0.05) is 18.7 Å². The fourth-order valence-corrected chi connectivity index (χ4v) is 4.51. The molecule has 144 valence electrons. The van der Waals surface area contributed by atoms with E-state index in [0.29, 0.717) is 19.0 Å². The number of amides is 1. The molecule has 0 spiro atoms. The number of hydrogen-bond acceptors (Lipinski definition) is 4. The lowest BCUT2D eigenvalue weighted by atomic mass is 9.98. The van der Waals surface area contributed by atoms with Crippen LogP contribution in [0.1, 0.15) is 50.4 Å². The van der Waals surface area contributed by atoms with Crippen molar-refractivity contribution in [1.82, 2.24) is 9.62 Å². The van der Waals surface area contributed by atoms with Crippen LogP contribution in [0.3, 0.4) is 0 Å². The van der Waals surface area contributed by atoms with Crippen LogP contribution in [0.2, 0.25) is 0 Å². The van der Waals surface area contributed by atoms with E-state index in [1.54, 1.807) is 6.92 Å². The quantitative estimate of drug-likeness (QED) is 0.784. The van der Waals surface area contributed by atoms with E-state index in [4.69, 9.17) is 0 Å². The first-order valence-corrected chi connectivity index (χ1v) is 10.2. The Morgan fingerprint density at radius 2 is 1.92 bits per heavy atom. The number of carbonyl (C=O) groups is 2. The molecular weight excluding hydrogens is 356 g/mol. The van der Waals surface area contributed by atoms with Gasteiger partial charge in [-0.3, -0.25) is 4.79 Å². The highest BCUT2D eigenvalue weighted by Gasteiger charge is 2.33. The van der Waals surface area contributed by atoms with E-state index in [1.807, 2.05) is 6.92 Å². The third-order valence-corrected chi connectivity index (χ3v) is 6.82. The molecule has 0 aliphatic carbocycles. The first-order chi connectivity index (χ1) is 12.1. The Morgan fingerprint density at radius 3 is 2.42 bits per heavy atom. The summed E-state index contributed by atoms with van der Waals surface area (Å²) in [6, 6.07) is 5.61. The van der Waals surface area contributed by atoms with Crippen molar-refractivity contribution in [2.75, 3.05) is 13.1 Å². The molecule has 2 N–H and O–H groups in total. The highest BCUT2D eigenvalue weighted by molar-refractivity contribution is 7.89. The van der Waals surface area contributed by atoms with E-state index >= 15 is 0 Å². The van der Waals surface area contributed by atoms with Crippen LogP contribution in [-0.4, -0.2) is 48.3 Å². The molecule has 1 amide bonds. The Bertz CT molecular complexity index is 775. The predicted octanol–water partition coefficient (Wildman–Crippen LogP) is 2.09. The summed E-state index contributed by atoms with van der Waals surface area (Å²) in [5.41, 5.74) is -1.15. The van der Waals surface area contributed by atoms with Gasteiger partial charge in [-0.25, -0.2) is 13.2 Å². The Labute approximate surface area is 154 Å². The summed E-state index contributed by atoms with van der Waals surface area (Å²) < 4.78 is 26.9. The number of rotatable bonds is 6. The van der Waals surface area contributed by atoms with Crippen molar-refractivity contribution < 1.29 is 23.1 Å². The first kappa shape index (κ1) is 20.4.